The van der Waals surface area contributed by atoms with Gasteiger partial charge in [0, 0.05) is 39.6 Å². The van der Waals surface area contributed by atoms with Gasteiger partial charge in [-0.2, -0.15) is 0 Å². The second-order valence-electron chi connectivity index (χ2n) is 18.0. The summed E-state index contributed by atoms with van der Waals surface area (Å²) in [5.41, 5.74) is 23.1. The number of hydrogen-bond acceptors (Lipinski definition) is 12. The molecule has 1 aromatic carbocycles. The molecule has 1 aliphatic rings. The highest BCUT2D eigenvalue weighted by molar-refractivity contribution is 6.00. The van der Waals surface area contributed by atoms with Crippen LogP contribution in [0.2, 0.25) is 0 Å². The summed E-state index contributed by atoms with van der Waals surface area (Å²) in [6.07, 6.45) is 4.13. The molecular weight excluding hydrogens is 963 g/mol. The van der Waals surface area contributed by atoms with E-state index in [0.29, 0.717) is 18.4 Å². The summed E-state index contributed by atoms with van der Waals surface area (Å²) in [5, 5.41) is 35.2. The van der Waals surface area contributed by atoms with Crippen molar-refractivity contribution in [1.82, 2.24) is 36.8 Å². The third-order valence-corrected chi connectivity index (χ3v) is 12.0. The van der Waals surface area contributed by atoms with Crippen LogP contribution in [0.1, 0.15) is 84.6 Å². The molecule has 0 spiro atoms. The van der Waals surface area contributed by atoms with Gasteiger partial charge in [0.2, 0.25) is 35.4 Å². The minimum atomic E-state index is -1.91. The first-order valence-electron chi connectivity index (χ1n) is 24.1. The first-order chi connectivity index (χ1) is 34.8. The van der Waals surface area contributed by atoms with Gasteiger partial charge in [-0.1, -0.05) is 74.6 Å². The molecule has 16 N–H and O–H groups in total. The van der Waals surface area contributed by atoms with Crippen LogP contribution in [0, 0.1) is 11.8 Å². The summed E-state index contributed by atoms with van der Waals surface area (Å²) in [7, 11) is 2.80. The van der Waals surface area contributed by atoms with Gasteiger partial charge in [0.15, 0.2) is 11.9 Å². The normalized spacial score (nSPS) is 23.6. The van der Waals surface area contributed by atoms with E-state index in [2.05, 4.69) is 48.5 Å². The number of aliphatic carboxylic acids is 2. The number of carboxylic acids is 2. The Labute approximate surface area is 430 Å². The number of amides is 7. The van der Waals surface area contributed by atoms with Crippen LogP contribution in [0.5, 0.6) is 0 Å². The van der Waals surface area contributed by atoms with Crippen molar-refractivity contribution < 1.29 is 58.1 Å². The molecule has 25 heteroatoms. The van der Waals surface area contributed by atoms with Crippen LogP contribution in [-0.2, 0) is 54.3 Å². The smallest absolute Gasteiger partial charge is 0.326 e. The van der Waals surface area contributed by atoms with Crippen molar-refractivity contribution in [3.05, 3.63) is 72.0 Å². The predicted octanol–water partition coefficient (Wildman–Crippen LogP) is -1.23. The minimum absolute atomic E-state index is 0.000999. The van der Waals surface area contributed by atoms with Gasteiger partial charge in [-0.15, -0.1) is 0 Å². The summed E-state index contributed by atoms with van der Waals surface area (Å²) in [4.78, 5) is 130. The molecule has 74 heavy (non-hydrogen) atoms. The standard InChI is InChI=1S/C49H75N13O12/c1-27(24-28(2)38(74-7)25-32-14-9-8-10-15-32)18-19-33-29(3)41(65)60-36(46(70)71)20-21-40(64)62(6)31(5)43(67)56-30(4)42(66)59-35(17-13-23-55-49(52)53)45(69)61-37(47(72)73)26-39(63)57-34(44(68)58-33)16-11-12-22-54-48(50)51/h8-10,14-15,18-19,24,28-30,33-38H,5,11-13,16-17,20-23,25-26H2,1-4,6-7H3,(H,56,67)(H,57,63)(H,58,68)(H,59,66)(H,60,65)(H,61,69)(H,70,71)(H,72,73)(H4,50,51,54)(H4,52,53,55). The van der Waals surface area contributed by atoms with E-state index in [9.17, 15) is 53.4 Å². The van der Waals surface area contributed by atoms with E-state index in [0.717, 1.165) is 10.5 Å². The lowest BCUT2D eigenvalue weighted by Crippen LogP contribution is -2.56. The van der Waals surface area contributed by atoms with Crippen LogP contribution in [0.4, 0.5) is 0 Å². The molecule has 0 aliphatic carbocycles. The number of carboxylic acid groups (broad SMARTS) is 2. The van der Waals surface area contributed by atoms with Crippen LogP contribution in [0.3, 0.4) is 0 Å². The highest BCUT2D eigenvalue weighted by atomic mass is 16.5. The molecular formula is C49H75N13O12. The second kappa shape index (κ2) is 31.6. The number of carbonyl (C=O) groups excluding carboxylic acids is 7. The third kappa shape index (κ3) is 22.3. The van der Waals surface area contributed by atoms with E-state index >= 15 is 0 Å². The molecule has 0 bridgehead atoms. The fourth-order valence-electron chi connectivity index (χ4n) is 7.49. The van der Waals surface area contributed by atoms with E-state index in [1.54, 1.807) is 20.1 Å². The lowest BCUT2D eigenvalue weighted by atomic mass is 9.94. The fourth-order valence-corrected chi connectivity index (χ4v) is 7.49. The van der Waals surface area contributed by atoms with E-state index in [1.807, 2.05) is 43.3 Å². The number of methoxy groups -OCH3 is 1. The van der Waals surface area contributed by atoms with Crippen LogP contribution in [0.25, 0.3) is 0 Å². The molecule has 1 aromatic rings. The maximum absolute atomic E-state index is 14.4. The first-order valence-corrected chi connectivity index (χ1v) is 24.1. The van der Waals surface area contributed by atoms with Crippen LogP contribution in [0.15, 0.2) is 76.4 Å². The molecule has 0 radical (unpaired) electrons. The van der Waals surface area contributed by atoms with Crippen molar-refractivity contribution in [1.29, 1.82) is 0 Å². The Morgan fingerprint density at radius 1 is 0.797 bits per heavy atom. The molecule has 25 nitrogen and oxygen atoms in total. The Morgan fingerprint density at radius 3 is 1.96 bits per heavy atom. The first kappa shape index (κ1) is 62.3. The summed E-state index contributed by atoms with van der Waals surface area (Å²) >= 11 is 0. The van der Waals surface area contributed by atoms with E-state index in [4.69, 9.17) is 27.7 Å². The van der Waals surface area contributed by atoms with Crippen molar-refractivity contribution in [2.24, 2.45) is 44.8 Å². The number of rotatable bonds is 18. The van der Waals surface area contributed by atoms with Crippen molar-refractivity contribution in [3.63, 3.8) is 0 Å². The molecule has 0 saturated carbocycles. The van der Waals surface area contributed by atoms with Gasteiger partial charge >= 0.3 is 11.9 Å². The largest absolute Gasteiger partial charge is 0.480 e. The van der Waals surface area contributed by atoms with Gasteiger partial charge in [-0.3, -0.25) is 43.5 Å². The Morgan fingerprint density at radius 2 is 1.36 bits per heavy atom. The highest BCUT2D eigenvalue weighted by Crippen LogP contribution is 2.19. The van der Waals surface area contributed by atoms with Crippen LogP contribution >= 0.6 is 0 Å². The minimum Gasteiger partial charge on any atom is -0.480 e. The Kier molecular flexibility index (Phi) is 26.6. The molecule has 1 aliphatic heterocycles. The van der Waals surface area contributed by atoms with Crippen LogP contribution < -0.4 is 54.8 Å². The average molecular weight is 1040 g/mol. The topological polar surface area (TPSA) is 408 Å². The van der Waals surface area contributed by atoms with Gasteiger partial charge in [0.1, 0.15) is 35.9 Å². The number of benzene rings is 1. The Balaban J connectivity index is 2.70. The molecule has 7 amide bonds. The number of unbranched alkanes of at least 4 members (excludes halogenated alkanes) is 1. The monoisotopic (exact) mass is 1040 g/mol. The lowest BCUT2D eigenvalue weighted by molar-refractivity contribution is -0.144. The number of aliphatic imine (C=N–C) groups is 2. The lowest BCUT2D eigenvalue weighted by Gasteiger charge is -2.27. The SMILES string of the molecule is C=C1C(=O)NC(C)C(=O)NC(CCCN=C(N)N)C(=O)NC(C(=O)O)CC(=O)NC(CCCCN=C(N)N)C(=O)NC(C=CC(C)=CC(C)C(Cc2ccccc2)OC)C(C)C(=O)NC(C(=O)O)CCC(=O)N1C. The number of nitrogens with two attached hydrogens (primary N) is 4. The summed E-state index contributed by atoms with van der Waals surface area (Å²) in [6, 6.07) is 0.796. The predicted molar refractivity (Wildman–Crippen MR) is 275 cm³/mol. The van der Waals surface area contributed by atoms with Gasteiger partial charge in [-0.05, 0) is 64.4 Å². The number of carbonyl (C=O) groups is 9. The van der Waals surface area contributed by atoms with Crippen molar-refractivity contribution in [2.45, 2.75) is 128 Å². The number of likely N-dealkylation sites (N-methyl/N-ethyl adjacent to an activating group) is 1. The number of ether oxygens (including phenoxy) is 1. The number of guanidine groups is 2. The van der Waals surface area contributed by atoms with Gasteiger partial charge in [-0.25, -0.2) is 9.59 Å². The summed E-state index contributed by atoms with van der Waals surface area (Å²) in [6.45, 7) is 10.2. The quantitative estimate of drug-likeness (QED) is 0.0269. The summed E-state index contributed by atoms with van der Waals surface area (Å²) in [5.74, 6) is -11.3. The number of hydrogen-bond donors (Lipinski definition) is 12. The zero-order valence-corrected chi connectivity index (χ0v) is 42.9. The van der Waals surface area contributed by atoms with Crippen molar-refractivity contribution in [2.75, 3.05) is 27.2 Å². The zero-order valence-electron chi connectivity index (χ0n) is 42.9. The maximum atomic E-state index is 14.4. The van der Waals surface area contributed by atoms with Crippen molar-refractivity contribution >= 4 is 65.2 Å². The van der Waals surface area contributed by atoms with E-state index in [-0.39, 0.29) is 62.7 Å². The number of nitrogens with one attached hydrogen (secondary N) is 6. The molecule has 0 aromatic heterocycles. The average Bonchev–Trinajstić information content (AvgIpc) is 3.34. The second-order valence-corrected chi connectivity index (χ2v) is 18.0. The van der Waals surface area contributed by atoms with Gasteiger partial charge in [0.05, 0.1) is 24.5 Å². The van der Waals surface area contributed by atoms with E-state index in [1.165, 1.54) is 27.0 Å². The van der Waals surface area contributed by atoms with Gasteiger partial charge < -0.3 is 74.7 Å². The third-order valence-electron chi connectivity index (χ3n) is 12.0. The number of allylic oxidation sites excluding steroid dienone is 2. The van der Waals surface area contributed by atoms with Gasteiger partial charge in [0.25, 0.3) is 5.91 Å². The molecule has 1 saturated heterocycles. The Hall–Kier alpha value is -7.83. The molecule has 1 heterocycles. The summed E-state index contributed by atoms with van der Waals surface area (Å²) < 4.78 is 5.81. The molecule has 408 valence electrons. The molecule has 9 atom stereocenters. The zero-order chi connectivity index (χ0) is 55.7. The van der Waals surface area contributed by atoms with Crippen molar-refractivity contribution in [3.8, 4) is 0 Å². The molecule has 1 fully saturated rings. The molecule has 2 rings (SSSR count). The molecule has 9 unspecified atom stereocenters. The fraction of sp³-hybridized carbons (Fsp3) is 0.531. The van der Waals surface area contributed by atoms with Crippen LogP contribution in [-0.4, -0.2) is 150 Å². The Bertz CT molecular complexity index is 2260. The van der Waals surface area contributed by atoms with E-state index < -0.39 is 120 Å². The number of nitrogens with zero attached hydrogens (tertiary/aromatic N) is 3. The highest BCUT2D eigenvalue weighted by Gasteiger charge is 2.34. The maximum Gasteiger partial charge on any atom is 0.326 e.